The molecule has 0 saturated heterocycles. The monoisotopic (exact) mass is 380 g/mol. The molecule has 5 heteroatoms. The molecule has 27 heavy (non-hydrogen) atoms. The van der Waals surface area contributed by atoms with Gasteiger partial charge in [0.25, 0.3) is 0 Å². The number of rotatable bonds is 5. The number of halogens is 2. The molecule has 1 aromatic heterocycles. The minimum Gasteiger partial charge on any atom is -0.487 e. The molecule has 3 aromatic carbocycles. The quantitative estimate of drug-likeness (QED) is 0.383. The first-order valence-electron chi connectivity index (χ1n) is 8.31. The van der Waals surface area contributed by atoms with E-state index in [2.05, 4.69) is 0 Å². The van der Waals surface area contributed by atoms with Crippen LogP contribution in [0.1, 0.15) is 15.9 Å². The Labute approximate surface area is 158 Å². The number of thiophene rings is 1. The van der Waals surface area contributed by atoms with Crippen molar-refractivity contribution in [1.29, 1.82) is 0 Å². The van der Waals surface area contributed by atoms with Crippen molar-refractivity contribution in [2.75, 3.05) is 0 Å². The maximum Gasteiger partial charge on any atom is 0.165 e. The van der Waals surface area contributed by atoms with E-state index in [4.69, 9.17) is 4.74 Å². The van der Waals surface area contributed by atoms with E-state index >= 15 is 0 Å². The topological polar surface area (TPSA) is 26.3 Å². The number of fused-ring (bicyclic) bond motifs is 1. The second kappa shape index (κ2) is 7.29. The van der Waals surface area contributed by atoms with Crippen molar-refractivity contribution in [3.05, 3.63) is 89.5 Å². The number of hydrogen-bond acceptors (Lipinski definition) is 3. The predicted octanol–water partition coefficient (Wildman–Crippen LogP) is 6.24. The van der Waals surface area contributed by atoms with Crippen LogP contribution in [0.25, 0.3) is 20.5 Å². The maximum absolute atomic E-state index is 14.0. The molecule has 0 bridgehead atoms. The summed E-state index contributed by atoms with van der Waals surface area (Å²) in [6.07, 6.45) is 0.801. The lowest BCUT2D eigenvalue weighted by Gasteiger charge is -2.10. The Bertz CT molecular complexity index is 1130. The third kappa shape index (κ3) is 3.22. The maximum atomic E-state index is 14.0. The van der Waals surface area contributed by atoms with Crippen LogP contribution in [0, 0.1) is 11.6 Å². The smallest absolute Gasteiger partial charge is 0.165 e. The summed E-state index contributed by atoms with van der Waals surface area (Å²) in [5.74, 6) is -1.25. The Morgan fingerprint density at radius 2 is 1.70 bits per heavy atom. The van der Waals surface area contributed by atoms with Crippen LogP contribution >= 0.6 is 11.3 Å². The van der Waals surface area contributed by atoms with Crippen LogP contribution in [0.15, 0.2) is 66.7 Å². The second-order valence-electron chi connectivity index (χ2n) is 5.96. The number of carbonyl (C=O) groups excluding carboxylic acids is 1. The molecule has 134 valence electrons. The van der Waals surface area contributed by atoms with Gasteiger partial charge in [0, 0.05) is 26.8 Å². The van der Waals surface area contributed by atoms with Crippen LogP contribution in [0.4, 0.5) is 8.78 Å². The van der Waals surface area contributed by atoms with Crippen molar-refractivity contribution in [3.8, 4) is 16.2 Å². The van der Waals surface area contributed by atoms with Crippen molar-refractivity contribution in [2.24, 2.45) is 0 Å². The largest absolute Gasteiger partial charge is 0.487 e. The molecule has 1 heterocycles. The second-order valence-corrected chi connectivity index (χ2v) is 7.02. The van der Waals surface area contributed by atoms with Gasteiger partial charge in [0.05, 0.1) is 4.88 Å². The van der Waals surface area contributed by atoms with Gasteiger partial charge in [0.15, 0.2) is 17.9 Å². The Morgan fingerprint density at radius 1 is 0.926 bits per heavy atom. The average Bonchev–Trinajstić information content (AvgIpc) is 3.07. The zero-order valence-electron chi connectivity index (χ0n) is 14.1. The highest BCUT2D eigenvalue weighted by atomic mass is 32.1. The molecule has 4 rings (SSSR count). The lowest BCUT2D eigenvalue weighted by Crippen LogP contribution is -2.01. The molecule has 0 unspecified atom stereocenters. The number of benzene rings is 3. The first kappa shape index (κ1) is 17.4. The lowest BCUT2D eigenvalue weighted by atomic mass is 10.1. The molecular weight excluding hydrogens is 366 g/mol. The first-order valence-corrected chi connectivity index (χ1v) is 9.12. The zero-order valence-corrected chi connectivity index (χ0v) is 14.9. The lowest BCUT2D eigenvalue weighted by molar-refractivity contribution is 0.112. The van der Waals surface area contributed by atoms with Gasteiger partial charge in [-0.3, -0.25) is 4.79 Å². The van der Waals surface area contributed by atoms with Gasteiger partial charge in [-0.05, 0) is 18.2 Å². The van der Waals surface area contributed by atoms with Crippen molar-refractivity contribution in [2.45, 2.75) is 6.61 Å². The standard InChI is InChI=1S/C22H14F2O2S/c23-18-10-5-7-15(20(18)24)13-26-21-17-9-3-4-11-19(17)27-22(21)16-8-2-1-6-14(16)12-25/h1-12H,13H2. The number of aldehydes is 1. The molecule has 0 aliphatic rings. The van der Waals surface area contributed by atoms with Gasteiger partial charge in [0.2, 0.25) is 0 Å². The third-order valence-corrected chi connectivity index (χ3v) is 5.47. The van der Waals surface area contributed by atoms with Gasteiger partial charge in [0.1, 0.15) is 12.4 Å². The number of carbonyl (C=O) groups is 1. The minimum absolute atomic E-state index is 0.111. The van der Waals surface area contributed by atoms with Crippen molar-refractivity contribution < 1.29 is 18.3 Å². The summed E-state index contributed by atoms with van der Waals surface area (Å²) in [4.78, 5) is 12.2. The molecule has 0 aliphatic heterocycles. The predicted molar refractivity (Wildman–Crippen MR) is 103 cm³/mol. The molecule has 0 spiro atoms. The Hall–Kier alpha value is -3.05. The van der Waals surface area contributed by atoms with E-state index in [1.54, 1.807) is 12.1 Å². The molecular formula is C22H14F2O2S. The highest BCUT2D eigenvalue weighted by molar-refractivity contribution is 7.22. The zero-order chi connectivity index (χ0) is 18.8. The van der Waals surface area contributed by atoms with E-state index < -0.39 is 11.6 Å². The van der Waals surface area contributed by atoms with Crippen molar-refractivity contribution >= 4 is 27.7 Å². The third-order valence-electron chi connectivity index (χ3n) is 4.29. The van der Waals surface area contributed by atoms with Gasteiger partial charge in [-0.2, -0.15) is 0 Å². The highest BCUT2D eigenvalue weighted by Crippen LogP contribution is 2.45. The molecule has 4 aromatic rings. The summed E-state index contributed by atoms with van der Waals surface area (Å²) in [6, 6.07) is 18.9. The molecule has 0 fully saturated rings. The Kier molecular flexibility index (Phi) is 4.69. The molecule has 0 N–H and O–H groups in total. The normalized spacial score (nSPS) is 10.9. The highest BCUT2D eigenvalue weighted by Gasteiger charge is 2.18. The molecule has 0 radical (unpaired) electrons. The number of hydrogen-bond donors (Lipinski definition) is 0. The first-order chi connectivity index (χ1) is 13.2. The summed E-state index contributed by atoms with van der Waals surface area (Å²) >= 11 is 1.50. The fourth-order valence-electron chi connectivity index (χ4n) is 2.96. The van der Waals surface area contributed by atoms with Gasteiger partial charge < -0.3 is 4.74 Å². The van der Waals surface area contributed by atoms with Crippen LogP contribution in [0.5, 0.6) is 5.75 Å². The summed E-state index contributed by atoms with van der Waals surface area (Å²) in [5, 5.41) is 0.870. The van der Waals surface area contributed by atoms with E-state index in [1.165, 1.54) is 23.5 Å². The summed E-state index contributed by atoms with van der Waals surface area (Å²) < 4.78 is 34.4. The molecule has 0 amide bonds. The Balaban J connectivity index is 1.81. The van der Waals surface area contributed by atoms with Gasteiger partial charge in [-0.1, -0.05) is 48.5 Å². The summed E-state index contributed by atoms with van der Waals surface area (Å²) in [6.45, 7) is -0.111. The SMILES string of the molecule is O=Cc1ccccc1-c1sc2ccccc2c1OCc1cccc(F)c1F. The van der Waals surface area contributed by atoms with Crippen LogP contribution in [-0.2, 0) is 6.61 Å². The van der Waals surface area contributed by atoms with Crippen molar-refractivity contribution in [3.63, 3.8) is 0 Å². The fraction of sp³-hybridized carbons (Fsp3) is 0.0455. The van der Waals surface area contributed by atoms with E-state index in [9.17, 15) is 13.6 Å². The number of ether oxygens (including phenoxy) is 1. The summed E-state index contributed by atoms with van der Waals surface area (Å²) in [7, 11) is 0. The molecule has 0 saturated carbocycles. The van der Waals surface area contributed by atoms with Crippen LogP contribution < -0.4 is 4.74 Å². The van der Waals surface area contributed by atoms with E-state index in [-0.39, 0.29) is 12.2 Å². The minimum atomic E-state index is -0.910. The van der Waals surface area contributed by atoms with Crippen LogP contribution in [-0.4, -0.2) is 6.29 Å². The molecule has 0 atom stereocenters. The average molecular weight is 380 g/mol. The van der Waals surface area contributed by atoms with Gasteiger partial charge in [-0.15, -0.1) is 11.3 Å². The Morgan fingerprint density at radius 3 is 2.56 bits per heavy atom. The van der Waals surface area contributed by atoms with Crippen LogP contribution in [0.2, 0.25) is 0 Å². The van der Waals surface area contributed by atoms with E-state index in [1.807, 2.05) is 36.4 Å². The molecule has 0 aliphatic carbocycles. The van der Waals surface area contributed by atoms with Gasteiger partial charge >= 0.3 is 0 Å². The van der Waals surface area contributed by atoms with Crippen LogP contribution in [0.3, 0.4) is 0 Å². The van der Waals surface area contributed by atoms with E-state index in [0.717, 1.165) is 32.9 Å². The van der Waals surface area contributed by atoms with Gasteiger partial charge in [-0.25, -0.2) is 8.78 Å². The van der Waals surface area contributed by atoms with Crippen molar-refractivity contribution in [1.82, 2.24) is 0 Å². The molecule has 2 nitrogen and oxygen atoms in total. The van der Waals surface area contributed by atoms with E-state index in [0.29, 0.717) is 11.3 Å². The fourth-order valence-corrected chi connectivity index (χ4v) is 4.15. The summed E-state index contributed by atoms with van der Waals surface area (Å²) in [5.41, 5.74) is 1.44.